The summed E-state index contributed by atoms with van der Waals surface area (Å²) in [6, 6.07) is 12.7. The standard InChI is InChI=1S/C18H10ClN3O4S/c19-15-14(20-21-27-15)9-26-18(25)10-5-7-11(8-6-10)22-16(23)12-3-1-2-4-13(12)17(22)24/h1-8H,9H2. The highest BCUT2D eigenvalue weighted by Crippen LogP contribution is 2.28. The number of benzene rings is 2. The average Bonchev–Trinajstić information content (AvgIpc) is 3.21. The molecule has 0 radical (unpaired) electrons. The van der Waals surface area contributed by atoms with Gasteiger partial charge in [0.25, 0.3) is 11.8 Å². The highest BCUT2D eigenvalue weighted by molar-refractivity contribution is 7.10. The Bertz CT molecular complexity index is 1030. The Morgan fingerprint density at radius 3 is 2.22 bits per heavy atom. The smallest absolute Gasteiger partial charge is 0.338 e. The largest absolute Gasteiger partial charge is 0.455 e. The van der Waals surface area contributed by atoms with Crippen LogP contribution in [0.4, 0.5) is 5.69 Å². The van der Waals surface area contributed by atoms with Gasteiger partial charge in [-0.1, -0.05) is 28.2 Å². The van der Waals surface area contributed by atoms with Gasteiger partial charge in [-0.15, -0.1) is 5.10 Å². The summed E-state index contributed by atoms with van der Waals surface area (Å²) in [6.45, 7) is -0.0890. The fourth-order valence-corrected chi connectivity index (χ4v) is 3.27. The van der Waals surface area contributed by atoms with E-state index in [1.165, 1.54) is 24.3 Å². The van der Waals surface area contributed by atoms with Crippen LogP contribution in [-0.4, -0.2) is 27.4 Å². The van der Waals surface area contributed by atoms with Crippen molar-refractivity contribution in [1.82, 2.24) is 9.59 Å². The van der Waals surface area contributed by atoms with E-state index in [4.69, 9.17) is 16.3 Å². The first-order chi connectivity index (χ1) is 13.1. The minimum Gasteiger partial charge on any atom is -0.455 e. The van der Waals surface area contributed by atoms with Gasteiger partial charge in [0.15, 0.2) is 0 Å². The third kappa shape index (κ3) is 3.09. The Morgan fingerprint density at radius 2 is 1.67 bits per heavy atom. The minimum absolute atomic E-state index is 0.0890. The van der Waals surface area contributed by atoms with E-state index in [0.29, 0.717) is 26.8 Å². The van der Waals surface area contributed by atoms with E-state index in [1.54, 1.807) is 24.3 Å². The summed E-state index contributed by atoms with van der Waals surface area (Å²) in [4.78, 5) is 38.2. The van der Waals surface area contributed by atoms with Crippen molar-refractivity contribution in [3.05, 3.63) is 75.3 Å². The number of halogens is 1. The van der Waals surface area contributed by atoms with E-state index < -0.39 is 17.8 Å². The molecule has 4 rings (SSSR count). The summed E-state index contributed by atoms with van der Waals surface area (Å²) in [6.07, 6.45) is 0. The second-order valence-corrected chi connectivity index (χ2v) is 6.96. The van der Waals surface area contributed by atoms with Crippen molar-refractivity contribution in [2.75, 3.05) is 4.90 Å². The molecule has 2 aromatic carbocycles. The van der Waals surface area contributed by atoms with Crippen molar-refractivity contribution in [2.45, 2.75) is 6.61 Å². The van der Waals surface area contributed by atoms with E-state index in [1.807, 2.05) is 0 Å². The number of hydrogen-bond acceptors (Lipinski definition) is 7. The first-order valence-corrected chi connectivity index (χ1v) is 8.93. The van der Waals surface area contributed by atoms with Gasteiger partial charge in [0, 0.05) is 11.5 Å². The Balaban J connectivity index is 1.50. The summed E-state index contributed by atoms with van der Waals surface area (Å²) in [5, 5.41) is 3.76. The van der Waals surface area contributed by atoms with Gasteiger partial charge < -0.3 is 4.74 Å². The Labute approximate surface area is 162 Å². The fourth-order valence-electron chi connectivity index (χ4n) is 2.67. The number of esters is 1. The SMILES string of the molecule is O=C(OCc1nnsc1Cl)c1ccc(N2C(=O)c3ccccc3C2=O)cc1. The maximum absolute atomic E-state index is 12.5. The lowest BCUT2D eigenvalue weighted by molar-refractivity contribution is 0.0467. The molecule has 2 heterocycles. The molecular weight excluding hydrogens is 390 g/mol. The van der Waals surface area contributed by atoms with Gasteiger partial charge in [-0.3, -0.25) is 9.59 Å². The van der Waals surface area contributed by atoms with Crippen molar-refractivity contribution in [1.29, 1.82) is 0 Å². The number of nitrogens with zero attached hydrogens (tertiary/aromatic N) is 3. The highest BCUT2D eigenvalue weighted by atomic mass is 35.5. The molecule has 2 amide bonds. The van der Waals surface area contributed by atoms with Gasteiger partial charge in [-0.2, -0.15) is 0 Å². The molecule has 0 aliphatic carbocycles. The van der Waals surface area contributed by atoms with Gasteiger partial charge in [-0.05, 0) is 36.4 Å². The van der Waals surface area contributed by atoms with Crippen LogP contribution in [0, 0.1) is 0 Å². The molecular formula is C18H10ClN3O4S. The fraction of sp³-hybridized carbons (Fsp3) is 0.0556. The molecule has 0 fully saturated rings. The lowest BCUT2D eigenvalue weighted by atomic mass is 10.1. The maximum atomic E-state index is 12.5. The number of rotatable bonds is 4. The van der Waals surface area contributed by atoms with Crippen molar-refractivity contribution in [3.63, 3.8) is 0 Å². The summed E-state index contributed by atoms with van der Waals surface area (Å²) >= 11 is 6.87. The first kappa shape index (κ1) is 17.3. The molecule has 1 aromatic heterocycles. The summed E-state index contributed by atoms with van der Waals surface area (Å²) < 4.78 is 9.17. The lowest BCUT2D eigenvalue weighted by Gasteiger charge is -2.14. The second kappa shape index (κ2) is 6.90. The zero-order valence-electron chi connectivity index (χ0n) is 13.6. The lowest BCUT2D eigenvalue weighted by Crippen LogP contribution is -2.29. The van der Waals surface area contributed by atoms with Crippen LogP contribution in [0.25, 0.3) is 0 Å². The predicted octanol–water partition coefficient (Wildman–Crippen LogP) is 3.35. The van der Waals surface area contributed by atoms with Crippen LogP contribution in [0.15, 0.2) is 48.5 Å². The third-order valence-electron chi connectivity index (χ3n) is 4.00. The maximum Gasteiger partial charge on any atom is 0.338 e. The Kier molecular flexibility index (Phi) is 4.43. The number of aromatic nitrogens is 2. The Hall–Kier alpha value is -3.10. The second-order valence-electron chi connectivity index (χ2n) is 5.61. The molecule has 3 aromatic rings. The molecule has 9 heteroatoms. The number of anilines is 1. The molecule has 134 valence electrons. The molecule has 1 aliphatic heterocycles. The molecule has 27 heavy (non-hydrogen) atoms. The van der Waals surface area contributed by atoms with Crippen LogP contribution in [0.3, 0.4) is 0 Å². The molecule has 7 nitrogen and oxygen atoms in total. The number of imide groups is 1. The monoisotopic (exact) mass is 399 g/mol. The van der Waals surface area contributed by atoms with E-state index in [0.717, 1.165) is 16.4 Å². The van der Waals surface area contributed by atoms with Crippen molar-refractivity contribution in [2.24, 2.45) is 0 Å². The van der Waals surface area contributed by atoms with Gasteiger partial charge in [0.2, 0.25) is 0 Å². The highest BCUT2D eigenvalue weighted by Gasteiger charge is 2.36. The van der Waals surface area contributed by atoms with E-state index in [2.05, 4.69) is 9.59 Å². The molecule has 1 aliphatic rings. The van der Waals surface area contributed by atoms with Crippen LogP contribution in [-0.2, 0) is 11.3 Å². The van der Waals surface area contributed by atoms with Crippen LogP contribution >= 0.6 is 23.1 Å². The molecule has 0 atom stereocenters. The van der Waals surface area contributed by atoms with Crippen LogP contribution in [0.2, 0.25) is 4.34 Å². The van der Waals surface area contributed by atoms with Crippen molar-refractivity contribution in [3.8, 4) is 0 Å². The van der Waals surface area contributed by atoms with Gasteiger partial charge in [0.1, 0.15) is 16.6 Å². The normalized spacial score (nSPS) is 13.0. The van der Waals surface area contributed by atoms with Crippen molar-refractivity contribution >= 4 is 46.6 Å². The molecule has 0 spiro atoms. The molecule has 0 bridgehead atoms. The minimum atomic E-state index is -0.576. The van der Waals surface area contributed by atoms with E-state index in [9.17, 15) is 14.4 Å². The number of hydrogen-bond donors (Lipinski definition) is 0. The van der Waals surface area contributed by atoms with Gasteiger partial charge >= 0.3 is 5.97 Å². The van der Waals surface area contributed by atoms with Crippen LogP contribution < -0.4 is 4.90 Å². The average molecular weight is 400 g/mol. The number of ether oxygens (including phenoxy) is 1. The van der Waals surface area contributed by atoms with Gasteiger partial charge in [0.05, 0.1) is 22.4 Å². The molecule has 0 N–H and O–H groups in total. The number of amides is 2. The molecule has 0 unspecified atom stereocenters. The molecule has 0 saturated heterocycles. The first-order valence-electron chi connectivity index (χ1n) is 7.78. The zero-order valence-corrected chi connectivity index (χ0v) is 15.2. The quantitative estimate of drug-likeness (QED) is 0.493. The number of carbonyl (C=O) groups excluding carboxylic acids is 3. The summed E-state index contributed by atoms with van der Waals surface area (Å²) in [5.41, 5.74) is 1.76. The summed E-state index contributed by atoms with van der Waals surface area (Å²) in [5.74, 6) is -1.36. The molecule has 0 saturated carbocycles. The topological polar surface area (TPSA) is 89.5 Å². The third-order valence-corrected chi connectivity index (χ3v) is 4.99. The number of fused-ring (bicyclic) bond motifs is 1. The Morgan fingerprint density at radius 1 is 1.04 bits per heavy atom. The predicted molar refractivity (Wildman–Crippen MR) is 98.1 cm³/mol. The van der Waals surface area contributed by atoms with Crippen LogP contribution in [0.1, 0.15) is 36.8 Å². The number of carbonyl (C=O) groups is 3. The van der Waals surface area contributed by atoms with E-state index in [-0.39, 0.29) is 12.2 Å². The van der Waals surface area contributed by atoms with Gasteiger partial charge in [-0.25, -0.2) is 9.69 Å². The zero-order chi connectivity index (χ0) is 19.0. The van der Waals surface area contributed by atoms with Crippen molar-refractivity contribution < 1.29 is 19.1 Å². The van der Waals surface area contributed by atoms with Crippen LogP contribution in [0.5, 0.6) is 0 Å². The van der Waals surface area contributed by atoms with E-state index >= 15 is 0 Å². The summed E-state index contributed by atoms with van der Waals surface area (Å²) in [7, 11) is 0.